The average molecular weight is 597 g/mol. The number of hydrogen-bond donors (Lipinski definition) is 0. The normalized spacial score (nSPS) is 28.1. The topological polar surface area (TPSA) is 27.7 Å². The third kappa shape index (κ3) is 8.37. The Kier molecular flexibility index (Phi) is 11.1. The molecule has 2 aromatic rings. The fourth-order valence-corrected chi connectivity index (χ4v) is 7.41. The molecule has 0 aromatic heterocycles. The maximum absolute atomic E-state index is 15.2. The fourth-order valence-electron chi connectivity index (χ4n) is 7.41. The van der Waals surface area contributed by atoms with Crippen LogP contribution < -0.4 is 4.74 Å². The summed E-state index contributed by atoms with van der Waals surface area (Å²) >= 11 is 0. The molecule has 0 atom stereocenters. The Morgan fingerprint density at radius 2 is 1.47 bits per heavy atom. The van der Waals surface area contributed by atoms with E-state index in [4.69, 9.17) is 14.2 Å². The van der Waals surface area contributed by atoms with Crippen LogP contribution >= 0.6 is 0 Å². The molecule has 0 radical (unpaired) electrons. The van der Waals surface area contributed by atoms with Crippen molar-refractivity contribution >= 4 is 0 Å². The van der Waals surface area contributed by atoms with Crippen molar-refractivity contribution in [3.63, 3.8) is 0 Å². The van der Waals surface area contributed by atoms with Gasteiger partial charge in [0.15, 0.2) is 6.29 Å². The van der Waals surface area contributed by atoms with E-state index in [9.17, 15) is 4.39 Å². The summed E-state index contributed by atoms with van der Waals surface area (Å²) in [6.07, 6.45) is 8.41. The zero-order valence-electron chi connectivity index (χ0n) is 25.8. The number of alkyl halides is 2. The summed E-state index contributed by atoms with van der Waals surface area (Å²) < 4.78 is 62.8. The Hall–Kier alpha value is -2.49. The zero-order valence-corrected chi connectivity index (χ0v) is 25.8. The molecule has 43 heavy (non-hydrogen) atoms. The Morgan fingerprint density at radius 1 is 0.837 bits per heavy atom. The second-order valence-corrected chi connectivity index (χ2v) is 12.9. The van der Waals surface area contributed by atoms with E-state index < -0.39 is 17.8 Å². The second kappa shape index (κ2) is 15.0. The molecule has 2 saturated carbocycles. The van der Waals surface area contributed by atoms with Gasteiger partial charge in [-0.05, 0) is 106 Å². The SMILES string of the molecule is CC#Cc1ccc(-c2ccc(OC(F)(F)C3CCC(C4CCC(C5OCC(CCCCC)CO5)CC4)CC3)cc2F)cc1. The highest BCUT2D eigenvalue weighted by molar-refractivity contribution is 5.66. The highest BCUT2D eigenvalue weighted by Gasteiger charge is 2.45. The van der Waals surface area contributed by atoms with Crippen LogP contribution in [0.4, 0.5) is 13.2 Å². The first-order chi connectivity index (χ1) is 20.9. The number of rotatable bonds is 10. The number of ether oxygens (including phenoxy) is 3. The molecular formula is C37H47F3O3. The Morgan fingerprint density at radius 3 is 2.07 bits per heavy atom. The first-order valence-electron chi connectivity index (χ1n) is 16.5. The average Bonchev–Trinajstić information content (AvgIpc) is 3.02. The van der Waals surface area contributed by atoms with E-state index in [2.05, 4.69) is 18.8 Å². The van der Waals surface area contributed by atoms with Gasteiger partial charge >= 0.3 is 6.11 Å². The molecule has 1 saturated heterocycles. The number of benzene rings is 2. The van der Waals surface area contributed by atoms with E-state index in [1.807, 2.05) is 12.1 Å². The summed E-state index contributed by atoms with van der Waals surface area (Å²) in [7, 11) is 0. The van der Waals surface area contributed by atoms with E-state index in [0.717, 1.165) is 63.4 Å². The van der Waals surface area contributed by atoms with Gasteiger partial charge in [0.2, 0.25) is 0 Å². The van der Waals surface area contributed by atoms with E-state index in [0.29, 0.717) is 47.6 Å². The Balaban J connectivity index is 1.06. The van der Waals surface area contributed by atoms with Gasteiger partial charge in [0.25, 0.3) is 0 Å². The van der Waals surface area contributed by atoms with Crippen molar-refractivity contribution < 1.29 is 27.4 Å². The maximum atomic E-state index is 15.2. The quantitative estimate of drug-likeness (QED) is 0.202. The molecule has 0 amide bonds. The zero-order chi connectivity index (χ0) is 30.2. The van der Waals surface area contributed by atoms with Crippen LogP contribution in [0.25, 0.3) is 11.1 Å². The largest absolute Gasteiger partial charge is 0.432 e. The van der Waals surface area contributed by atoms with Gasteiger partial charge in [0.1, 0.15) is 11.6 Å². The van der Waals surface area contributed by atoms with Gasteiger partial charge in [-0.15, -0.1) is 5.92 Å². The summed E-state index contributed by atoms with van der Waals surface area (Å²) in [5, 5.41) is 0. The lowest BCUT2D eigenvalue weighted by Crippen LogP contribution is -2.40. The lowest BCUT2D eigenvalue weighted by molar-refractivity contribution is -0.232. The monoisotopic (exact) mass is 596 g/mol. The van der Waals surface area contributed by atoms with Gasteiger partial charge in [0.05, 0.1) is 19.1 Å². The molecule has 2 aliphatic carbocycles. The molecule has 234 valence electrons. The standard InChI is InChI=1S/C37H47F3O3/c1-3-5-6-8-27-24-41-36(42-25-27)31-15-13-28(14-16-31)29-17-19-32(20-18-29)37(39,40)43-33-21-22-34(35(38)23-33)30-11-9-26(7-4-2)10-12-30/h9-12,21-23,27-29,31-32,36H,3,5-6,8,13-20,24-25H2,1-2H3. The first kappa shape index (κ1) is 31.9. The van der Waals surface area contributed by atoms with Crippen molar-refractivity contribution in [2.75, 3.05) is 13.2 Å². The van der Waals surface area contributed by atoms with E-state index >= 15 is 8.78 Å². The van der Waals surface area contributed by atoms with Crippen LogP contribution in [-0.4, -0.2) is 25.6 Å². The fraction of sp³-hybridized carbons (Fsp3) is 0.622. The van der Waals surface area contributed by atoms with Crippen LogP contribution in [0.1, 0.15) is 96.5 Å². The molecular weight excluding hydrogens is 549 g/mol. The summed E-state index contributed by atoms with van der Waals surface area (Å²) in [6.45, 7) is 5.61. The first-order valence-corrected chi connectivity index (χ1v) is 16.5. The van der Waals surface area contributed by atoms with Crippen LogP contribution in [0.3, 0.4) is 0 Å². The minimum Gasteiger partial charge on any atom is -0.432 e. The molecule has 0 N–H and O–H groups in total. The Bertz CT molecular complexity index is 1210. The smallest absolute Gasteiger partial charge is 0.400 e. The lowest BCUT2D eigenvalue weighted by Gasteiger charge is -2.41. The molecule has 0 bridgehead atoms. The minimum absolute atomic E-state index is 0.0740. The summed E-state index contributed by atoms with van der Waals surface area (Å²) in [5.74, 6) is 6.24. The van der Waals surface area contributed by atoms with Crippen LogP contribution in [0.5, 0.6) is 5.75 Å². The highest BCUT2D eigenvalue weighted by Crippen LogP contribution is 2.46. The summed E-state index contributed by atoms with van der Waals surface area (Å²) in [5.41, 5.74) is 1.84. The van der Waals surface area contributed by atoms with Gasteiger partial charge in [0, 0.05) is 29.0 Å². The predicted octanol–water partition coefficient (Wildman–Crippen LogP) is 10.0. The maximum Gasteiger partial charge on any atom is 0.400 e. The van der Waals surface area contributed by atoms with Crippen molar-refractivity contribution in [3.05, 3.63) is 53.8 Å². The third-order valence-corrected chi connectivity index (χ3v) is 9.98. The molecule has 1 aliphatic heterocycles. The van der Waals surface area contributed by atoms with Crippen LogP contribution in [0.15, 0.2) is 42.5 Å². The van der Waals surface area contributed by atoms with E-state index in [-0.39, 0.29) is 12.0 Å². The number of halogens is 3. The van der Waals surface area contributed by atoms with E-state index in [1.165, 1.54) is 37.8 Å². The molecule has 0 spiro atoms. The molecule has 5 rings (SSSR count). The van der Waals surface area contributed by atoms with Gasteiger partial charge in [-0.3, -0.25) is 0 Å². The molecule has 3 nitrogen and oxygen atoms in total. The van der Waals surface area contributed by atoms with Gasteiger partial charge < -0.3 is 14.2 Å². The van der Waals surface area contributed by atoms with Gasteiger partial charge in [-0.1, -0.05) is 44.2 Å². The lowest BCUT2D eigenvalue weighted by atomic mass is 9.69. The Labute approximate surface area is 255 Å². The van der Waals surface area contributed by atoms with Crippen molar-refractivity contribution in [3.8, 4) is 28.7 Å². The highest BCUT2D eigenvalue weighted by atomic mass is 19.3. The second-order valence-electron chi connectivity index (χ2n) is 12.9. The van der Waals surface area contributed by atoms with Gasteiger partial charge in [-0.2, -0.15) is 8.78 Å². The minimum atomic E-state index is -3.33. The molecule has 3 fully saturated rings. The van der Waals surface area contributed by atoms with E-state index in [1.54, 1.807) is 19.1 Å². The van der Waals surface area contributed by atoms with Gasteiger partial charge in [-0.25, -0.2) is 4.39 Å². The van der Waals surface area contributed by atoms with Crippen molar-refractivity contribution in [1.29, 1.82) is 0 Å². The molecule has 1 heterocycles. The van der Waals surface area contributed by atoms with Crippen LogP contribution in [0, 0.1) is 47.2 Å². The van der Waals surface area contributed by atoms with Crippen LogP contribution in [-0.2, 0) is 9.47 Å². The number of unbranched alkanes of at least 4 members (excludes halogenated alkanes) is 2. The third-order valence-electron chi connectivity index (χ3n) is 9.98. The summed E-state index contributed by atoms with van der Waals surface area (Å²) in [4.78, 5) is 0. The molecule has 2 aromatic carbocycles. The van der Waals surface area contributed by atoms with Crippen molar-refractivity contribution in [2.45, 2.75) is 103 Å². The molecule has 0 unspecified atom stereocenters. The van der Waals surface area contributed by atoms with Crippen molar-refractivity contribution in [2.24, 2.45) is 29.6 Å². The van der Waals surface area contributed by atoms with Crippen LogP contribution in [0.2, 0.25) is 0 Å². The number of hydrogen-bond acceptors (Lipinski definition) is 3. The predicted molar refractivity (Wildman–Crippen MR) is 164 cm³/mol. The summed E-state index contributed by atoms with van der Waals surface area (Å²) in [6, 6.07) is 11.2. The molecule has 3 aliphatic rings. The van der Waals surface area contributed by atoms with Crippen molar-refractivity contribution in [1.82, 2.24) is 0 Å². The molecule has 6 heteroatoms.